The zero-order valence-corrected chi connectivity index (χ0v) is 17.5. The van der Waals surface area contributed by atoms with E-state index >= 15 is 0 Å². The minimum absolute atomic E-state index is 0.447. The van der Waals surface area contributed by atoms with Gasteiger partial charge in [-0.3, -0.25) is 9.36 Å². The molecular weight excluding hydrogens is 390 g/mol. The number of anilines is 2. The Kier molecular flexibility index (Phi) is 4.88. The summed E-state index contributed by atoms with van der Waals surface area (Å²) in [6, 6.07) is 15.7. The van der Waals surface area contributed by atoms with Gasteiger partial charge in [-0.15, -0.1) is 0 Å². The highest BCUT2D eigenvalue weighted by Gasteiger charge is 2.18. The third kappa shape index (κ3) is 3.53. The van der Waals surface area contributed by atoms with Gasteiger partial charge in [0.2, 0.25) is 5.95 Å². The maximum absolute atomic E-state index is 11.7. The van der Waals surface area contributed by atoms with E-state index in [1.807, 2.05) is 34.9 Å². The number of hydrogen-bond donors (Lipinski definition) is 1. The molecule has 0 aliphatic carbocycles. The number of carbonyl (C=O) groups is 1. The molecule has 31 heavy (non-hydrogen) atoms. The highest BCUT2D eigenvalue weighted by atomic mass is 16.5. The van der Waals surface area contributed by atoms with Crippen molar-refractivity contribution in [1.29, 1.82) is 0 Å². The lowest BCUT2D eigenvalue weighted by molar-refractivity contribution is 0.111. The van der Waals surface area contributed by atoms with E-state index in [4.69, 9.17) is 9.72 Å². The molecule has 0 fully saturated rings. The molecule has 0 saturated heterocycles. The van der Waals surface area contributed by atoms with Crippen LogP contribution in [0.4, 0.5) is 11.6 Å². The molecule has 2 aromatic carbocycles. The van der Waals surface area contributed by atoms with E-state index in [0.29, 0.717) is 17.3 Å². The lowest BCUT2D eigenvalue weighted by atomic mass is 9.99. The molecule has 4 aromatic rings. The fourth-order valence-corrected chi connectivity index (χ4v) is 4.12. The van der Waals surface area contributed by atoms with Gasteiger partial charge >= 0.3 is 0 Å². The molecule has 5 rings (SSSR count). The Hall–Kier alpha value is -3.71. The first-order valence-corrected chi connectivity index (χ1v) is 10.2. The van der Waals surface area contributed by atoms with E-state index in [-0.39, 0.29) is 0 Å². The van der Waals surface area contributed by atoms with Gasteiger partial charge in [-0.2, -0.15) is 4.98 Å². The standard InChI is InChI=1S/C24H23N5O2/c1-28-9-8-16-12-22(31-2)21(11-18(16)14-28)26-24-25-13-17-10-20(15-30)29(23(17)27-24)19-6-4-3-5-7-19/h3-7,10-13,15H,8-9,14H2,1-2H3,(H,25,26,27). The van der Waals surface area contributed by atoms with Gasteiger partial charge in [0.1, 0.15) is 5.75 Å². The summed E-state index contributed by atoms with van der Waals surface area (Å²) in [5, 5.41) is 4.12. The number of hydrogen-bond acceptors (Lipinski definition) is 6. The van der Waals surface area contributed by atoms with Crippen molar-refractivity contribution >= 4 is 29.0 Å². The SMILES string of the molecule is COc1cc2c(cc1Nc1ncc3cc(C=O)n(-c4ccccc4)c3n1)CN(C)CC2. The molecule has 0 unspecified atom stereocenters. The van der Waals surface area contributed by atoms with E-state index in [1.54, 1.807) is 19.4 Å². The molecule has 7 heteroatoms. The Balaban J connectivity index is 1.58. The van der Waals surface area contributed by atoms with Gasteiger partial charge in [0, 0.05) is 30.4 Å². The number of likely N-dealkylation sites (N-methyl/N-ethyl adjacent to an activating group) is 1. The van der Waals surface area contributed by atoms with Crippen LogP contribution in [0.2, 0.25) is 0 Å². The van der Waals surface area contributed by atoms with Gasteiger partial charge in [-0.25, -0.2) is 4.98 Å². The topological polar surface area (TPSA) is 72.3 Å². The van der Waals surface area contributed by atoms with Crippen molar-refractivity contribution < 1.29 is 9.53 Å². The number of fused-ring (bicyclic) bond motifs is 2. The van der Waals surface area contributed by atoms with Crippen LogP contribution in [-0.2, 0) is 13.0 Å². The average molecular weight is 413 g/mol. The van der Waals surface area contributed by atoms with Crippen molar-refractivity contribution in [2.75, 3.05) is 26.0 Å². The fraction of sp³-hybridized carbons (Fsp3) is 0.208. The lowest BCUT2D eigenvalue weighted by Crippen LogP contribution is -2.26. The Labute approximate surface area is 180 Å². The smallest absolute Gasteiger partial charge is 0.229 e. The van der Waals surface area contributed by atoms with Crippen LogP contribution in [0, 0.1) is 0 Å². The molecule has 1 aliphatic heterocycles. The van der Waals surface area contributed by atoms with Crippen LogP contribution in [0.15, 0.2) is 54.7 Å². The largest absolute Gasteiger partial charge is 0.495 e. The minimum atomic E-state index is 0.447. The first kappa shape index (κ1) is 19.3. The highest BCUT2D eigenvalue weighted by molar-refractivity contribution is 5.89. The first-order valence-electron chi connectivity index (χ1n) is 10.2. The quantitative estimate of drug-likeness (QED) is 0.499. The molecule has 2 aromatic heterocycles. The van der Waals surface area contributed by atoms with Crippen LogP contribution in [-0.4, -0.2) is 46.4 Å². The second-order valence-corrected chi connectivity index (χ2v) is 7.76. The van der Waals surface area contributed by atoms with E-state index in [0.717, 1.165) is 48.3 Å². The van der Waals surface area contributed by atoms with E-state index in [1.165, 1.54) is 11.1 Å². The zero-order valence-electron chi connectivity index (χ0n) is 17.5. The third-order valence-electron chi connectivity index (χ3n) is 5.68. The Morgan fingerprint density at radius 1 is 1.13 bits per heavy atom. The van der Waals surface area contributed by atoms with Crippen LogP contribution < -0.4 is 10.1 Å². The number of aromatic nitrogens is 3. The van der Waals surface area contributed by atoms with Crippen LogP contribution in [0.5, 0.6) is 5.75 Å². The average Bonchev–Trinajstić information content (AvgIpc) is 3.17. The van der Waals surface area contributed by atoms with Gasteiger partial charge < -0.3 is 15.0 Å². The number of rotatable bonds is 5. The number of carbonyl (C=O) groups excluding carboxylic acids is 1. The maximum atomic E-state index is 11.7. The van der Waals surface area contributed by atoms with Crippen LogP contribution in [0.3, 0.4) is 0 Å². The van der Waals surface area contributed by atoms with Crippen molar-refractivity contribution in [3.8, 4) is 11.4 Å². The second kappa shape index (κ2) is 7.85. The maximum Gasteiger partial charge on any atom is 0.229 e. The summed E-state index contributed by atoms with van der Waals surface area (Å²) in [7, 11) is 3.79. The predicted molar refractivity (Wildman–Crippen MR) is 121 cm³/mol. The fourth-order valence-electron chi connectivity index (χ4n) is 4.12. The van der Waals surface area contributed by atoms with Crippen molar-refractivity contribution in [2.24, 2.45) is 0 Å². The third-order valence-corrected chi connectivity index (χ3v) is 5.68. The molecule has 0 spiro atoms. The summed E-state index contributed by atoms with van der Waals surface area (Å²) in [6.07, 6.45) is 3.57. The van der Waals surface area contributed by atoms with Crippen molar-refractivity contribution in [2.45, 2.75) is 13.0 Å². The Morgan fingerprint density at radius 2 is 1.97 bits per heavy atom. The summed E-state index contributed by atoms with van der Waals surface area (Å²) in [5.41, 5.74) is 5.48. The van der Waals surface area contributed by atoms with Gasteiger partial charge in [0.15, 0.2) is 11.9 Å². The molecule has 7 nitrogen and oxygen atoms in total. The van der Waals surface area contributed by atoms with Gasteiger partial charge in [0.05, 0.1) is 18.5 Å². The second-order valence-electron chi connectivity index (χ2n) is 7.76. The van der Waals surface area contributed by atoms with Crippen LogP contribution in [0.1, 0.15) is 21.6 Å². The van der Waals surface area contributed by atoms with Gasteiger partial charge in [-0.1, -0.05) is 18.2 Å². The highest BCUT2D eigenvalue weighted by Crippen LogP contribution is 2.33. The van der Waals surface area contributed by atoms with E-state index in [9.17, 15) is 4.79 Å². The monoisotopic (exact) mass is 413 g/mol. The van der Waals surface area contributed by atoms with Gasteiger partial charge in [0.25, 0.3) is 0 Å². The summed E-state index contributed by atoms with van der Waals surface area (Å²) in [4.78, 5) is 23.2. The van der Waals surface area contributed by atoms with E-state index in [2.05, 4.69) is 34.4 Å². The number of para-hydroxylation sites is 1. The summed E-state index contributed by atoms with van der Waals surface area (Å²) in [6.45, 7) is 1.94. The number of nitrogens with zero attached hydrogens (tertiary/aromatic N) is 4. The van der Waals surface area contributed by atoms with Crippen molar-refractivity contribution in [1.82, 2.24) is 19.4 Å². The number of nitrogens with one attached hydrogen (secondary N) is 1. The number of ether oxygens (including phenoxy) is 1. The normalized spacial score (nSPS) is 13.7. The zero-order chi connectivity index (χ0) is 21.4. The molecule has 3 heterocycles. The molecule has 0 amide bonds. The summed E-state index contributed by atoms with van der Waals surface area (Å²) < 4.78 is 7.47. The molecule has 156 valence electrons. The number of aldehydes is 1. The summed E-state index contributed by atoms with van der Waals surface area (Å²) in [5.74, 6) is 1.21. The van der Waals surface area contributed by atoms with Crippen molar-refractivity contribution in [3.63, 3.8) is 0 Å². The Morgan fingerprint density at radius 3 is 2.74 bits per heavy atom. The molecule has 0 atom stereocenters. The Bertz CT molecular complexity index is 1270. The van der Waals surface area contributed by atoms with Crippen LogP contribution in [0.25, 0.3) is 16.7 Å². The first-order chi connectivity index (χ1) is 15.2. The number of benzene rings is 2. The van der Waals surface area contributed by atoms with Gasteiger partial charge in [-0.05, 0) is 54.9 Å². The molecule has 0 bridgehead atoms. The van der Waals surface area contributed by atoms with E-state index < -0.39 is 0 Å². The molecule has 1 N–H and O–H groups in total. The number of methoxy groups -OCH3 is 1. The lowest BCUT2D eigenvalue weighted by Gasteiger charge is -2.26. The van der Waals surface area contributed by atoms with Crippen LogP contribution >= 0.6 is 0 Å². The molecule has 0 radical (unpaired) electrons. The molecule has 1 aliphatic rings. The summed E-state index contributed by atoms with van der Waals surface area (Å²) >= 11 is 0. The minimum Gasteiger partial charge on any atom is -0.495 e. The molecular formula is C24H23N5O2. The molecule has 0 saturated carbocycles. The van der Waals surface area contributed by atoms with Crippen molar-refractivity contribution in [3.05, 3.63) is 71.5 Å². The predicted octanol–water partition coefficient (Wildman–Crippen LogP) is 3.97.